The van der Waals surface area contributed by atoms with E-state index in [0.29, 0.717) is 54.3 Å². The lowest BCUT2D eigenvalue weighted by Gasteiger charge is -2.40. The van der Waals surface area contributed by atoms with E-state index in [-0.39, 0.29) is 24.2 Å². The molecule has 2 amide bonds. The molecule has 0 N–H and O–H groups in total. The third kappa shape index (κ3) is 5.78. The fourth-order valence-corrected chi connectivity index (χ4v) is 8.69. The number of nitrogens with zero attached hydrogens (tertiary/aromatic N) is 3. The summed E-state index contributed by atoms with van der Waals surface area (Å²) >= 11 is -1.57. The van der Waals surface area contributed by atoms with E-state index >= 15 is 0 Å². The Kier molecular flexibility index (Phi) is 8.97. The third-order valence-corrected chi connectivity index (χ3v) is 11.3. The molecule has 2 saturated heterocycles. The summed E-state index contributed by atoms with van der Waals surface area (Å²) in [6, 6.07) is 24.1. The van der Waals surface area contributed by atoms with Gasteiger partial charge in [0.1, 0.15) is 11.5 Å². The normalized spacial score (nSPS) is 21.8. The van der Waals surface area contributed by atoms with Crippen molar-refractivity contribution in [1.82, 2.24) is 14.4 Å². The summed E-state index contributed by atoms with van der Waals surface area (Å²) in [6.45, 7) is 2.04. The van der Waals surface area contributed by atoms with E-state index in [1.54, 1.807) is 53.4 Å². The number of fused-ring (bicyclic) bond motifs is 3. The van der Waals surface area contributed by atoms with Crippen molar-refractivity contribution in [2.75, 3.05) is 33.9 Å². The predicted octanol–water partition coefficient (Wildman–Crippen LogP) is 5.15. The molecule has 0 radical (unpaired) electrons. The Hall–Kier alpha value is -4.61. The van der Waals surface area contributed by atoms with Gasteiger partial charge in [0.15, 0.2) is 16.6 Å². The molecule has 0 spiro atoms. The number of likely N-dealkylation sites (tertiary alicyclic amines) is 2. The highest BCUT2D eigenvalue weighted by molar-refractivity contribution is 7.80. The molecule has 3 heterocycles. The number of carbonyl (C=O) groups excluding carboxylic acids is 3. The number of methoxy groups -OCH3 is 1. The van der Waals surface area contributed by atoms with Crippen LogP contribution in [0.3, 0.4) is 0 Å². The summed E-state index contributed by atoms with van der Waals surface area (Å²) in [5, 5.41) is 0. The maximum absolute atomic E-state index is 14.3. The molecule has 0 bridgehead atoms. The van der Waals surface area contributed by atoms with Crippen LogP contribution in [0.5, 0.6) is 0 Å². The first-order chi connectivity index (χ1) is 23.7. The third-order valence-electron chi connectivity index (χ3n) is 10.3. The van der Waals surface area contributed by atoms with E-state index in [9.17, 15) is 23.0 Å². The van der Waals surface area contributed by atoms with Crippen molar-refractivity contribution in [2.24, 2.45) is 5.92 Å². The van der Waals surface area contributed by atoms with E-state index in [0.717, 1.165) is 29.7 Å². The first-order valence-electron chi connectivity index (χ1n) is 16.5. The second kappa shape index (κ2) is 13.4. The lowest BCUT2D eigenvalue weighted by molar-refractivity contribution is -0.153. The molecule has 3 aromatic carbocycles. The van der Waals surface area contributed by atoms with Gasteiger partial charge in [-0.3, -0.25) is 13.8 Å². The monoisotopic (exact) mass is 683 g/mol. The Balaban J connectivity index is 1.37. The van der Waals surface area contributed by atoms with Gasteiger partial charge in [0.05, 0.1) is 19.1 Å². The zero-order valence-electron chi connectivity index (χ0n) is 27.5. The molecule has 11 heteroatoms. The fraction of sp³-hybridized carbons (Fsp3) is 0.342. The van der Waals surface area contributed by atoms with Gasteiger partial charge in [-0.2, -0.15) is 0 Å². The van der Waals surface area contributed by atoms with E-state index in [2.05, 4.69) is 4.57 Å². The van der Waals surface area contributed by atoms with Crippen LogP contribution in [0.4, 0.5) is 4.39 Å². The first-order valence-corrected chi connectivity index (χ1v) is 17.6. The molecule has 0 saturated carbocycles. The molecule has 3 aliphatic rings. The minimum Gasteiger partial charge on any atom is -0.467 e. The Morgan fingerprint density at radius 2 is 1.57 bits per heavy atom. The number of benzene rings is 3. The summed E-state index contributed by atoms with van der Waals surface area (Å²) < 4.78 is 38.8. The lowest BCUT2D eigenvalue weighted by Crippen LogP contribution is -2.58. The average molecular weight is 684 g/mol. The summed E-state index contributed by atoms with van der Waals surface area (Å²) in [5.41, 5.74) is 2.92. The van der Waals surface area contributed by atoms with Crippen molar-refractivity contribution in [3.05, 3.63) is 124 Å². The number of esters is 1. The molecule has 1 aromatic heterocycles. The van der Waals surface area contributed by atoms with Gasteiger partial charge in [-0.25, -0.2) is 13.4 Å². The average Bonchev–Trinajstić information content (AvgIpc) is 3.92. The Labute approximate surface area is 287 Å². The summed E-state index contributed by atoms with van der Waals surface area (Å²) in [7, 11) is 2.72. The maximum atomic E-state index is 14.3. The topological polar surface area (TPSA) is 98.2 Å². The van der Waals surface area contributed by atoms with Crippen molar-refractivity contribution in [2.45, 2.75) is 48.6 Å². The van der Waals surface area contributed by atoms with Gasteiger partial charge in [-0.15, -0.1) is 0 Å². The van der Waals surface area contributed by atoms with E-state index in [1.165, 1.54) is 26.4 Å². The molecule has 49 heavy (non-hydrogen) atoms. The molecular weight excluding hydrogens is 645 g/mol. The van der Waals surface area contributed by atoms with Crippen LogP contribution >= 0.6 is 0 Å². The predicted molar refractivity (Wildman–Crippen MR) is 181 cm³/mol. The van der Waals surface area contributed by atoms with E-state index in [4.69, 9.17) is 8.92 Å². The van der Waals surface area contributed by atoms with Crippen molar-refractivity contribution < 1.29 is 31.9 Å². The van der Waals surface area contributed by atoms with Crippen LogP contribution in [-0.4, -0.2) is 75.8 Å². The Bertz CT molecular complexity index is 1910. The molecule has 4 aromatic rings. The lowest BCUT2D eigenvalue weighted by atomic mass is 9.75. The van der Waals surface area contributed by atoms with Gasteiger partial charge in [-0.1, -0.05) is 42.5 Å². The van der Waals surface area contributed by atoms with Gasteiger partial charge in [0, 0.05) is 49.8 Å². The van der Waals surface area contributed by atoms with Gasteiger partial charge >= 0.3 is 5.97 Å². The number of amides is 2. The molecule has 254 valence electrons. The summed E-state index contributed by atoms with van der Waals surface area (Å²) in [5.74, 6) is -1.92. The fourth-order valence-electron chi connectivity index (χ4n) is 8.14. The second-order valence-electron chi connectivity index (χ2n) is 13.0. The van der Waals surface area contributed by atoms with Crippen LogP contribution in [-0.2, 0) is 44.2 Å². The van der Waals surface area contributed by atoms with Crippen molar-refractivity contribution in [3.8, 4) is 0 Å². The number of aromatic nitrogens is 1. The molecule has 2 aliphatic heterocycles. The maximum Gasteiger partial charge on any atom is 0.332 e. The van der Waals surface area contributed by atoms with Crippen LogP contribution in [0.1, 0.15) is 62.0 Å². The summed E-state index contributed by atoms with van der Waals surface area (Å²) in [6.07, 6.45) is 2.53. The highest BCUT2D eigenvalue weighted by Crippen LogP contribution is 2.55. The highest BCUT2D eigenvalue weighted by Gasteiger charge is 2.64. The van der Waals surface area contributed by atoms with Crippen molar-refractivity contribution in [3.63, 3.8) is 0 Å². The SMILES string of the molecule is COC(=O)[C@@]1(Cc2ccc(F)cc2)[C@H]2c3cc(C(=O)N4CCCC4)n(Cc4ccc(S(=O)OC)cc4)c3C[C@H]2CN1C(=O)c1ccccc1. The quantitative estimate of drug-likeness (QED) is 0.227. The first kappa shape index (κ1) is 32.9. The number of hydrogen-bond donors (Lipinski definition) is 0. The van der Waals surface area contributed by atoms with Crippen LogP contribution in [0.2, 0.25) is 0 Å². The number of carbonyl (C=O) groups is 3. The number of hydrogen-bond acceptors (Lipinski definition) is 6. The number of halogens is 1. The smallest absolute Gasteiger partial charge is 0.332 e. The molecule has 4 atom stereocenters. The molecule has 1 aliphatic carbocycles. The van der Waals surface area contributed by atoms with Crippen LogP contribution in [0, 0.1) is 11.7 Å². The van der Waals surface area contributed by atoms with Crippen molar-refractivity contribution >= 4 is 28.9 Å². The van der Waals surface area contributed by atoms with Gasteiger partial charge in [-0.05, 0) is 84.3 Å². The largest absolute Gasteiger partial charge is 0.467 e. The van der Waals surface area contributed by atoms with Crippen LogP contribution < -0.4 is 0 Å². The van der Waals surface area contributed by atoms with Crippen molar-refractivity contribution in [1.29, 1.82) is 0 Å². The van der Waals surface area contributed by atoms with E-state index < -0.39 is 34.3 Å². The molecule has 7 rings (SSSR count). The molecule has 2 fully saturated rings. The summed E-state index contributed by atoms with van der Waals surface area (Å²) in [4.78, 5) is 46.9. The van der Waals surface area contributed by atoms with Gasteiger partial charge in [0.25, 0.3) is 11.8 Å². The zero-order valence-corrected chi connectivity index (χ0v) is 28.3. The van der Waals surface area contributed by atoms with Gasteiger partial charge in [0.2, 0.25) is 0 Å². The Morgan fingerprint density at radius 3 is 2.22 bits per heavy atom. The van der Waals surface area contributed by atoms with Crippen LogP contribution in [0.15, 0.2) is 89.8 Å². The van der Waals surface area contributed by atoms with Crippen LogP contribution in [0.25, 0.3) is 0 Å². The molecule has 1 unspecified atom stereocenters. The number of ether oxygens (including phenoxy) is 1. The molecule has 9 nitrogen and oxygen atoms in total. The highest BCUT2D eigenvalue weighted by atomic mass is 32.2. The minimum atomic E-state index is -1.57. The minimum absolute atomic E-state index is 0.0713. The van der Waals surface area contributed by atoms with E-state index in [1.807, 2.05) is 29.2 Å². The second-order valence-corrected chi connectivity index (χ2v) is 14.3. The van der Waals surface area contributed by atoms with Gasteiger partial charge < -0.3 is 19.1 Å². The molecular formula is C38H38FN3O6S. The Morgan fingerprint density at radius 1 is 0.898 bits per heavy atom. The standard InChI is InChI=1S/C38H38FN3O6S/c1-47-37(45)38(22-25-10-14-29(39)15-11-25)34-28(24-42(38)35(43)27-8-4-3-5-9-27)20-32-31(34)21-33(36(44)40-18-6-7-19-40)41(32)23-26-12-16-30(17-13-26)49(46)48-2/h3-5,8-17,21,28,34H,6-7,18-20,22-24H2,1-2H3/t28-,34+,38+,49?/m0/s1. The number of rotatable bonds is 9. The zero-order chi connectivity index (χ0) is 34.3.